The van der Waals surface area contributed by atoms with Crippen LogP contribution in [0.25, 0.3) is 0 Å². The van der Waals surface area contributed by atoms with Crippen molar-refractivity contribution in [3.05, 3.63) is 120 Å². The first-order valence-electron chi connectivity index (χ1n) is 9.66. The number of rotatable bonds is 7. The van der Waals surface area contributed by atoms with Crippen LogP contribution in [-0.2, 0) is 12.8 Å². The predicted molar refractivity (Wildman–Crippen MR) is 122 cm³/mol. The molecule has 0 amide bonds. The minimum Gasteiger partial charge on any atom is -0.508 e. The third-order valence-corrected chi connectivity index (χ3v) is 7.26. The van der Waals surface area contributed by atoms with E-state index in [1.165, 1.54) is 10.6 Å². The second-order valence-electron chi connectivity index (χ2n) is 6.82. The molecule has 0 aliphatic carbocycles. The van der Waals surface area contributed by atoms with Crippen LogP contribution in [0.5, 0.6) is 11.5 Å². The van der Waals surface area contributed by atoms with E-state index < -0.39 is 7.92 Å². The molecule has 0 unspecified atom stereocenters. The smallest absolute Gasteiger partial charge is 0.120 e. The lowest BCUT2D eigenvalue weighted by Gasteiger charge is -2.20. The van der Waals surface area contributed by atoms with Crippen LogP contribution < -0.4 is 15.3 Å². The minimum atomic E-state index is -0.624. The van der Waals surface area contributed by atoms with Gasteiger partial charge in [-0.1, -0.05) is 91.0 Å². The Labute approximate surface area is 173 Å². The van der Waals surface area contributed by atoms with Crippen LogP contribution >= 0.6 is 7.92 Å². The van der Waals surface area contributed by atoms with E-state index in [2.05, 4.69) is 48.5 Å². The molecule has 0 saturated carbocycles. The summed E-state index contributed by atoms with van der Waals surface area (Å²) >= 11 is 0. The SMILES string of the molecule is Oc1ccc(OCc2ccccc2)cc1CP(c1ccccc1)c1ccccc1. The van der Waals surface area contributed by atoms with Crippen molar-refractivity contribution in [3.63, 3.8) is 0 Å². The highest BCUT2D eigenvalue weighted by molar-refractivity contribution is 7.72. The molecular weight excluding hydrogens is 375 g/mol. The van der Waals surface area contributed by atoms with E-state index in [9.17, 15) is 5.11 Å². The van der Waals surface area contributed by atoms with Crippen molar-refractivity contribution in [1.29, 1.82) is 0 Å². The molecule has 0 fully saturated rings. The predicted octanol–water partition coefficient (Wildman–Crippen LogP) is 5.60. The summed E-state index contributed by atoms with van der Waals surface area (Å²) in [5.41, 5.74) is 2.03. The lowest BCUT2D eigenvalue weighted by atomic mass is 10.2. The first-order chi connectivity index (χ1) is 14.3. The molecule has 1 N–H and O–H groups in total. The number of phenolic OH excluding ortho intramolecular Hbond substituents is 1. The van der Waals surface area contributed by atoms with Gasteiger partial charge in [0.2, 0.25) is 0 Å². The van der Waals surface area contributed by atoms with E-state index in [0.717, 1.165) is 23.0 Å². The first kappa shape index (κ1) is 19.2. The largest absolute Gasteiger partial charge is 0.508 e. The van der Waals surface area contributed by atoms with E-state index in [-0.39, 0.29) is 0 Å². The van der Waals surface area contributed by atoms with Gasteiger partial charge < -0.3 is 9.84 Å². The van der Waals surface area contributed by atoms with Crippen LogP contribution in [0.3, 0.4) is 0 Å². The summed E-state index contributed by atoms with van der Waals surface area (Å²) in [6, 6.07) is 36.7. The summed E-state index contributed by atoms with van der Waals surface area (Å²) in [5.74, 6) is 1.09. The Hall–Kier alpha value is -3.09. The molecule has 4 aromatic carbocycles. The van der Waals surface area contributed by atoms with Crippen molar-refractivity contribution in [2.45, 2.75) is 12.8 Å². The second kappa shape index (κ2) is 9.41. The van der Waals surface area contributed by atoms with Gasteiger partial charge in [0.15, 0.2) is 0 Å². The summed E-state index contributed by atoms with van der Waals surface area (Å²) in [6.45, 7) is 0.511. The zero-order valence-corrected chi connectivity index (χ0v) is 17.0. The number of aromatic hydroxyl groups is 1. The van der Waals surface area contributed by atoms with Crippen LogP contribution in [0.4, 0.5) is 0 Å². The van der Waals surface area contributed by atoms with E-state index >= 15 is 0 Å². The molecular formula is C26H23O2P. The quantitative estimate of drug-likeness (QED) is 0.411. The number of phenols is 1. The molecule has 2 nitrogen and oxygen atoms in total. The molecule has 4 rings (SSSR count). The third-order valence-electron chi connectivity index (χ3n) is 4.76. The van der Waals surface area contributed by atoms with Crippen molar-refractivity contribution in [3.8, 4) is 11.5 Å². The van der Waals surface area contributed by atoms with Gasteiger partial charge in [-0.05, 0) is 42.3 Å². The molecule has 0 aliphatic heterocycles. The van der Waals surface area contributed by atoms with Crippen molar-refractivity contribution in [2.24, 2.45) is 0 Å². The van der Waals surface area contributed by atoms with Gasteiger partial charge >= 0.3 is 0 Å². The fraction of sp³-hybridized carbons (Fsp3) is 0.0769. The highest BCUT2D eigenvalue weighted by Crippen LogP contribution is 2.41. The average molecular weight is 398 g/mol. The van der Waals surface area contributed by atoms with Crippen LogP contribution in [-0.4, -0.2) is 5.11 Å². The van der Waals surface area contributed by atoms with Crippen molar-refractivity contribution in [2.75, 3.05) is 0 Å². The third kappa shape index (κ3) is 5.04. The molecule has 0 heterocycles. The first-order valence-corrected chi connectivity index (χ1v) is 11.2. The normalized spacial score (nSPS) is 10.8. The number of hydrogen-bond donors (Lipinski definition) is 1. The fourth-order valence-electron chi connectivity index (χ4n) is 3.24. The molecule has 4 aromatic rings. The maximum atomic E-state index is 10.5. The molecule has 0 bridgehead atoms. The molecule has 29 heavy (non-hydrogen) atoms. The van der Waals surface area contributed by atoms with E-state index in [4.69, 9.17) is 4.74 Å². The maximum Gasteiger partial charge on any atom is 0.120 e. The summed E-state index contributed by atoms with van der Waals surface area (Å²) in [5, 5.41) is 13.1. The van der Waals surface area contributed by atoms with Crippen LogP contribution in [0.2, 0.25) is 0 Å². The van der Waals surface area contributed by atoms with Crippen molar-refractivity contribution in [1.82, 2.24) is 0 Å². The Morgan fingerprint density at radius 3 is 1.79 bits per heavy atom. The Morgan fingerprint density at radius 1 is 0.655 bits per heavy atom. The Bertz CT molecular complexity index is 995. The van der Waals surface area contributed by atoms with Gasteiger partial charge in [-0.25, -0.2) is 0 Å². The lowest BCUT2D eigenvalue weighted by Crippen LogP contribution is -2.13. The highest BCUT2D eigenvalue weighted by Gasteiger charge is 2.16. The number of ether oxygens (including phenoxy) is 1. The summed E-state index contributed by atoms with van der Waals surface area (Å²) in [4.78, 5) is 0. The number of benzene rings is 4. The van der Waals surface area contributed by atoms with Gasteiger partial charge in [-0.15, -0.1) is 0 Å². The van der Waals surface area contributed by atoms with Gasteiger partial charge in [0.25, 0.3) is 0 Å². The zero-order valence-electron chi connectivity index (χ0n) is 16.1. The molecule has 0 aromatic heterocycles. The number of hydrogen-bond acceptors (Lipinski definition) is 2. The van der Waals surface area contributed by atoms with Gasteiger partial charge in [0.1, 0.15) is 18.1 Å². The summed E-state index contributed by atoms with van der Waals surface area (Å²) < 4.78 is 5.98. The summed E-state index contributed by atoms with van der Waals surface area (Å²) in [7, 11) is -0.624. The van der Waals surface area contributed by atoms with Gasteiger partial charge in [-0.2, -0.15) is 0 Å². The Morgan fingerprint density at radius 2 is 1.21 bits per heavy atom. The standard InChI is InChI=1S/C26H23O2P/c27-26-17-16-23(28-19-21-10-4-1-5-11-21)18-22(26)20-29(24-12-6-2-7-13-24)25-14-8-3-9-15-25/h1-18,27H,19-20H2. The molecule has 0 atom stereocenters. The molecule has 3 heteroatoms. The van der Waals surface area contributed by atoms with Gasteiger partial charge in [-0.3, -0.25) is 0 Å². The highest BCUT2D eigenvalue weighted by atomic mass is 31.1. The van der Waals surface area contributed by atoms with E-state index in [0.29, 0.717) is 12.4 Å². The minimum absolute atomic E-state index is 0.316. The Balaban J connectivity index is 1.59. The van der Waals surface area contributed by atoms with Gasteiger partial charge in [0.05, 0.1) is 0 Å². The molecule has 144 valence electrons. The van der Waals surface area contributed by atoms with Crippen molar-refractivity contribution < 1.29 is 9.84 Å². The summed E-state index contributed by atoms with van der Waals surface area (Å²) in [6.07, 6.45) is 0.762. The second-order valence-corrected chi connectivity index (χ2v) is 9.03. The van der Waals surface area contributed by atoms with Crippen LogP contribution in [0, 0.1) is 0 Å². The van der Waals surface area contributed by atoms with Crippen LogP contribution in [0.1, 0.15) is 11.1 Å². The average Bonchev–Trinajstić information content (AvgIpc) is 2.79. The van der Waals surface area contributed by atoms with E-state index in [1.807, 2.05) is 54.6 Å². The molecule has 0 aliphatic rings. The topological polar surface area (TPSA) is 29.5 Å². The lowest BCUT2D eigenvalue weighted by molar-refractivity contribution is 0.305. The molecule has 0 radical (unpaired) electrons. The molecule has 0 spiro atoms. The Kier molecular flexibility index (Phi) is 6.24. The van der Waals surface area contributed by atoms with E-state index in [1.54, 1.807) is 6.07 Å². The van der Waals surface area contributed by atoms with Crippen molar-refractivity contribution >= 4 is 18.5 Å². The maximum absolute atomic E-state index is 10.5. The van der Waals surface area contributed by atoms with Gasteiger partial charge in [0, 0.05) is 11.7 Å². The fourth-order valence-corrected chi connectivity index (χ4v) is 5.56. The molecule has 0 saturated heterocycles. The van der Waals surface area contributed by atoms with Crippen LogP contribution in [0.15, 0.2) is 109 Å². The zero-order chi connectivity index (χ0) is 19.9. The monoisotopic (exact) mass is 398 g/mol.